The number of hydrogen-bond donors (Lipinski definition) is 2. The van der Waals surface area contributed by atoms with Gasteiger partial charge in [-0.25, -0.2) is 4.39 Å². The minimum Gasteiger partial charge on any atom is -0.366 e. The van der Waals surface area contributed by atoms with Gasteiger partial charge in [0.05, 0.1) is 5.56 Å². The summed E-state index contributed by atoms with van der Waals surface area (Å²) in [6.07, 6.45) is 1.34. The minimum atomic E-state index is -0.700. The molecule has 0 atom stereocenters. The van der Waals surface area contributed by atoms with Gasteiger partial charge in [-0.15, -0.1) is 0 Å². The van der Waals surface area contributed by atoms with Gasteiger partial charge in [-0.1, -0.05) is 19.9 Å². The molecular formula is C16H16FN3O. The van der Waals surface area contributed by atoms with Gasteiger partial charge in [-0.3, -0.25) is 4.79 Å². The molecule has 2 rings (SSSR count). The molecule has 3 N–H and O–H groups in total. The number of H-pyrrole nitrogens is 1. The minimum absolute atomic E-state index is 0.117. The van der Waals surface area contributed by atoms with Gasteiger partial charge in [0.25, 0.3) is 5.91 Å². The Morgan fingerprint density at radius 1 is 1.38 bits per heavy atom. The molecule has 0 aliphatic carbocycles. The van der Waals surface area contributed by atoms with Crippen molar-refractivity contribution in [1.82, 2.24) is 4.98 Å². The first-order valence-electron chi connectivity index (χ1n) is 6.58. The van der Waals surface area contributed by atoms with Crippen LogP contribution in [0.4, 0.5) is 4.39 Å². The van der Waals surface area contributed by atoms with Gasteiger partial charge in [0, 0.05) is 17.3 Å². The molecule has 0 saturated heterocycles. The van der Waals surface area contributed by atoms with Crippen LogP contribution in [0.1, 0.15) is 46.9 Å². The number of benzene rings is 1. The summed E-state index contributed by atoms with van der Waals surface area (Å²) < 4.78 is 14.5. The Kier molecular flexibility index (Phi) is 3.81. The normalized spacial score (nSPS) is 10.7. The highest BCUT2D eigenvalue weighted by molar-refractivity contribution is 6.01. The Labute approximate surface area is 122 Å². The highest BCUT2D eigenvalue weighted by Gasteiger charge is 2.22. The molecule has 1 heterocycles. The number of hydrogen-bond acceptors (Lipinski definition) is 2. The lowest BCUT2D eigenvalue weighted by molar-refractivity contribution is 0.100. The van der Waals surface area contributed by atoms with Crippen molar-refractivity contribution in [2.75, 3.05) is 0 Å². The molecule has 21 heavy (non-hydrogen) atoms. The zero-order valence-corrected chi connectivity index (χ0v) is 12.1. The van der Waals surface area contributed by atoms with Gasteiger partial charge in [-0.2, -0.15) is 5.26 Å². The smallest absolute Gasteiger partial charge is 0.250 e. The number of carbonyl (C=O) groups excluding carboxylic acids is 1. The van der Waals surface area contributed by atoms with Gasteiger partial charge in [0.15, 0.2) is 0 Å². The third-order valence-electron chi connectivity index (χ3n) is 3.48. The van der Waals surface area contributed by atoms with Gasteiger partial charge in [-0.05, 0) is 30.0 Å². The summed E-state index contributed by atoms with van der Waals surface area (Å²) in [7, 11) is 0. The van der Waals surface area contributed by atoms with Crippen molar-refractivity contribution in [1.29, 1.82) is 5.26 Å². The molecule has 0 aliphatic rings. The van der Waals surface area contributed by atoms with Crippen molar-refractivity contribution in [2.45, 2.75) is 26.7 Å². The topological polar surface area (TPSA) is 82.7 Å². The van der Waals surface area contributed by atoms with E-state index in [0.717, 1.165) is 5.56 Å². The summed E-state index contributed by atoms with van der Waals surface area (Å²) in [5.41, 5.74) is 7.55. The highest BCUT2D eigenvalue weighted by Crippen LogP contribution is 2.34. The number of nitrogens with one attached hydrogen (secondary N) is 1. The number of aromatic amines is 1. The number of nitriles is 1. The highest BCUT2D eigenvalue weighted by atomic mass is 19.1. The van der Waals surface area contributed by atoms with Gasteiger partial charge in [0.2, 0.25) is 0 Å². The molecule has 0 radical (unpaired) electrons. The van der Waals surface area contributed by atoms with Gasteiger partial charge < -0.3 is 10.7 Å². The number of aromatic nitrogens is 1. The van der Waals surface area contributed by atoms with Crippen LogP contribution in [0, 0.1) is 24.1 Å². The Hall–Kier alpha value is -2.61. The van der Waals surface area contributed by atoms with E-state index in [2.05, 4.69) is 4.98 Å². The molecule has 0 aliphatic heterocycles. The average molecular weight is 285 g/mol. The molecule has 0 spiro atoms. The number of primary amides is 1. The zero-order valence-electron chi connectivity index (χ0n) is 12.1. The zero-order chi connectivity index (χ0) is 15.7. The van der Waals surface area contributed by atoms with E-state index in [1.807, 2.05) is 26.0 Å². The van der Waals surface area contributed by atoms with Crippen molar-refractivity contribution in [3.8, 4) is 17.2 Å². The monoisotopic (exact) mass is 285 g/mol. The molecular weight excluding hydrogens is 269 g/mol. The predicted molar refractivity (Wildman–Crippen MR) is 78.2 cm³/mol. The van der Waals surface area contributed by atoms with Crippen molar-refractivity contribution in [3.05, 3.63) is 46.5 Å². The van der Waals surface area contributed by atoms with E-state index >= 15 is 0 Å². The van der Waals surface area contributed by atoms with Crippen LogP contribution in [0.15, 0.2) is 18.3 Å². The van der Waals surface area contributed by atoms with Crippen LogP contribution in [0.5, 0.6) is 0 Å². The Morgan fingerprint density at radius 3 is 2.52 bits per heavy atom. The Balaban J connectivity index is 2.77. The second kappa shape index (κ2) is 5.41. The number of halogens is 1. The van der Waals surface area contributed by atoms with Gasteiger partial charge >= 0.3 is 0 Å². The van der Waals surface area contributed by atoms with Crippen LogP contribution >= 0.6 is 0 Å². The maximum Gasteiger partial charge on any atom is 0.250 e. The molecule has 0 fully saturated rings. The molecule has 1 aromatic heterocycles. The number of aryl methyl sites for hydroxylation is 1. The lowest BCUT2D eigenvalue weighted by Crippen LogP contribution is -2.11. The van der Waals surface area contributed by atoms with E-state index < -0.39 is 11.7 Å². The summed E-state index contributed by atoms with van der Waals surface area (Å²) in [4.78, 5) is 14.2. The summed E-state index contributed by atoms with van der Waals surface area (Å²) in [6, 6.07) is 5.23. The van der Waals surface area contributed by atoms with E-state index in [1.165, 1.54) is 12.3 Å². The number of amides is 1. The second-order valence-corrected chi connectivity index (χ2v) is 5.28. The largest absolute Gasteiger partial charge is 0.366 e. The Bertz CT molecular complexity index is 730. The SMILES string of the molecule is Cc1cc(C(C)C)cc(F)c1-c1c(C(N)=O)c[nH]c1C#N. The Morgan fingerprint density at radius 2 is 2.05 bits per heavy atom. The third kappa shape index (κ3) is 2.52. The standard InChI is InChI=1S/C16H16FN3O/c1-8(2)10-4-9(3)14(12(17)5-10)15-11(16(19)21)7-20-13(15)6-18/h4-5,7-8,20H,1-3H3,(H2,19,21). The second-order valence-electron chi connectivity index (χ2n) is 5.28. The van der Waals surface area contributed by atoms with Crippen LogP contribution < -0.4 is 5.73 Å². The molecule has 1 aromatic carbocycles. The van der Waals surface area contributed by atoms with Gasteiger partial charge in [0.1, 0.15) is 17.6 Å². The van der Waals surface area contributed by atoms with E-state index in [0.29, 0.717) is 5.56 Å². The molecule has 5 heteroatoms. The van der Waals surface area contributed by atoms with E-state index in [4.69, 9.17) is 11.0 Å². The number of nitrogens with two attached hydrogens (primary N) is 1. The summed E-state index contributed by atoms with van der Waals surface area (Å²) >= 11 is 0. The third-order valence-corrected chi connectivity index (χ3v) is 3.48. The first-order valence-corrected chi connectivity index (χ1v) is 6.58. The summed E-state index contributed by atoms with van der Waals surface area (Å²) in [5.74, 6) is -0.976. The molecule has 2 aromatic rings. The average Bonchev–Trinajstić information content (AvgIpc) is 2.81. The fourth-order valence-electron chi connectivity index (χ4n) is 2.39. The number of nitrogens with zero attached hydrogens (tertiary/aromatic N) is 1. The van der Waals surface area contributed by atoms with Crippen LogP contribution in [-0.4, -0.2) is 10.9 Å². The lowest BCUT2D eigenvalue weighted by Gasteiger charge is -2.13. The van der Waals surface area contributed by atoms with Crippen molar-refractivity contribution in [2.24, 2.45) is 5.73 Å². The molecule has 1 amide bonds. The van der Waals surface area contributed by atoms with Crippen LogP contribution in [0.2, 0.25) is 0 Å². The summed E-state index contributed by atoms with van der Waals surface area (Å²) in [5, 5.41) is 9.14. The van der Waals surface area contributed by atoms with Crippen LogP contribution in [-0.2, 0) is 0 Å². The van der Waals surface area contributed by atoms with Crippen LogP contribution in [0.25, 0.3) is 11.1 Å². The predicted octanol–water partition coefficient (Wildman–Crippen LogP) is 3.22. The fourth-order valence-corrected chi connectivity index (χ4v) is 2.39. The van der Waals surface area contributed by atoms with E-state index in [9.17, 15) is 9.18 Å². The number of rotatable bonds is 3. The molecule has 4 nitrogen and oxygen atoms in total. The van der Waals surface area contributed by atoms with E-state index in [-0.39, 0.29) is 28.3 Å². The molecule has 108 valence electrons. The van der Waals surface area contributed by atoms with Crippen LogP contribution in [0.3, 0.4) is 0 Å². The summed E-state index contributed by atoms with van der Waals surface area (Å²) in [6.45, 7) is 5.70. The van der Waals surface area contributed by atoms with Crippen molar-refractivity contribution < 1.29 is 9.18 Å². The molecule has 0 unspecified atom stereocenters. The maximum absolute atomic E-state index is 14.5. The van der Waals surface area contributed by atoms with E-state index in [1.54, 1.807) is 6.92 Å². The quantitative estimate of drug-likeness (QED) is 0.907. The lowest BCUT2D eigenvalue weighted by atomic mass is 9.92. The maximum atomic E-state index is 14.5. The number of carbonyl (C=O) groups is 1. The first kappa shape index (κ1) is 14.8. The fraction of sp³-hybridized carbons (Fsp3) is 0.250. The molecule has 0 bridgehead atoms. The first-order chi connectivity index (χ1) is 9.86. The molecule has 0 saturated carbocycles. The van der Waals surface area contributed by atoms with Crippen molar-refractivity contribution >= 4 is 5.91 Å². The van der Waals surface area contributed by atoms with Crippen molar-refractivity contribution in [3.63, 3.8) is 0 Å².